The van der Waals surface area contributed by atoms with Crippen molar-refractivity contribution in [3.05, 3.63) is 17.0 Å². The van der Waals surface area contributed by atoms with Gasteiger partial charge in [0.25, 0.3) is 0 Å². The summed E-state index contributed by atoms with van der Waals surface area (Å²) in [6.45, 7) is 4.68. The van der Waals surface area contributed by atoms with Crippen molar-refractivity contribution in [3.63, 3.8) is 0 Å². The van der Waals surface area contributed by atoms with Crippen LogP contribution in [0.25, 0.3) is 0 Å². The summed E-state index contributed by atoms with van der Waals surface area (Å²) in [7, 11) is 1.59. The van der Waals surface area contributed by atoms with Gasteiger partial charge >= 0.3 is 0 Å². The number of amides is 1. The number of H-pyrrole nitrogens is 1. The standard InChI is InChI=1S/C16H27N3O3/c1-10-13(11(2)19-18-10)5-4-8-17-16(21)12-6-7-14(20)15(9-12)22-3/h12,14-15,20H,4-9H2,1-3H3,(H,17,21)(H,18,19)/t12-,14+,15-/m1/s1. The van der Waals surface area contributed by atoms with E-state index in [4.69, 9.17) is 4.74 Å². The molecule has 0 radical (unpaired) electrons. The van der Waals surface area contributed by atoms with E-state index >= 15 is 0 Å². The maximum absolute atomic E-state index is 12.2. The summed E-state index contributed by atoms with van der Waals surface area (Å²) in [6, 6.07) is 0. The zero-order valence-corrected chi connectivity index (χ0v) is 13.7. The van der Waals surface area contributed by atoms with Gasteiger partial charge in [-0.05, 0) is 51.5 Å². The van der Waals surface area contributed by atoms with Crippen molar-refractivity contribution in [2.75, 3.05) is 13.7 Å². The van der Waals surface area contributed by atoms with Gasteiger partial charge in [0.05, 0.1) is 17.9 Å². The van der Waals surface area contributed by atoms with Crippen molar-refractivity contribution in [3.8, 4) is 0 Å². The fourth-order valence-corrected chi connectivity index (χ4v) is 3.17. The Balaban J connectivity index is 1.72. The van der Waals surface area contributed by atoms with Crippen LogP contribution < -0.4 is 5.32 Å². The zero-order chi connectivity index (χ0) is 16.1. The fourth-order valence-electron chi connectivity index (χ4n) is 3.17. The average Bonchev–Trinajstić information content (AvgIpc) is 2.83. The van der Waals surface area contributed by atoms with Crippen molar-refractivity contribution in [2.45, 2.75) is 58.2 Å². The van der Waals surface area contributed by atoms with Gasteiger partial charge in [0, 0.05) is 25.3 Å². The summed E-state index contributed by atoms with van der Waals surface area (Å²) < 4.78 is 5.24. The number of carbonyl (C=O) groups is 1. The molecule has 1 amide bonds. The Kier molecular flexibility index (Phi) is 5.97. The van der Waals surface area contributed by atoms with E-state index in [9.17, 15) is 9.90 Å². The van der Waals surface area contributed by atoms with Crippen molar-refractivity contribution in [1.29, 1.82) is 0 Å². The SMILES string of the molecule is CO[C@@H]1C[C@H](C(=O)NCCCc2c(C)n[nH]c2C)CC[C@@H]1O. The third-order valence-corrected chi connectivity index (χ3v) is 4.61. The first kappa shape index (κ1) is 17.0. The number of ether oxygens (including phenoxy) is 1. The predicted molar refractivity (Wildman–Crippen MR) is 83.5 cm³/mol. The molecule has 1 fully saturated rings. The van der Waals surface area contributed by atoms with Crippen LogP contribution in [0, 0.1) is 19.8 Å². The van der Waals surface area contributed by atoms with Crippen molar-refractivity contribution in [1.82, 2.24) is 15.5 Å². The zero-order valence-electron chi connectivity index (χ0n) is 13.7. The molecule has 0 aromatic carbocycles. The van der Waals surface area contributed by atoms with E-state index in [0.717, 1.165) is 30.7 Å². The molecule has 0 aliphatic heterocycles. The summed E-state index contributed by atoms with van der Waals surface area (Å²) in [5.41, 5.74) is 3.38. The third kappa shape index (κ3) is 4.08. The second-order valence-electron chi connectivity index (χ2n) is 6.16. The van der Waals surface area contributed by atoms with E-state index in [1.165, 1.54) is 5.56 Å². The quantitative estimate of drug-likeness (QED) is 0.690. The number of rotatable bonds is 6. The Labute approximate surface area is 131 Å². The van der Waals surface area contributed by atoms with Crippen LogP contribution in [0.3, 0.4) is 0 Å². The minimum absolute atomic E-state index is 0.0502. The number of aliphatic hydroxyl groups is 1. The molecule has 1 aliphatic carbocycles. The van der Waals surface area contributed by atoms with E-state index in [2.05, 4.69) is 15.5 Å². The highest BCUT2D eigenvalue weighted by molar-refractivity contribution is 5.78. The molecule has 0 bridgehead atoms. The van der Waals surface area contributed by atoms with Gasteiger partial charge in [-0.2, -0.15) is 5.10 Å². The fraction of sp³-hybridized carbons (Fsp3) is 0.750. The molecule has 1 heterocycles. The molecule has 1 aromatic heterocycles. The second-order valence-corrected chi connectivity index (χ2v) is 6.16. The molecule has 6 heteroatoms. The minimum Gasteiger partial charge on any atom is -0.390 e. The molecule has 0 unspecified atom stereocenters. The van der Waals surface area contributed by atoms with E-state index in [0.29, 0.717) is 19.4 Å². The predicted octanol–water partition coefficient (Wildman–Crippen LogP) is 1.25. The molecular weight excluding hydrogens is 282 g/mol. The Morgan fingerprint density at radius 1 is 1.45 bits per heavy atom. The van der Waals surface area contributed by atoms with E-state index in [1.54, 1.807) is 7.11 Å². The molecule has 1 aliphatic rings. The van der Waals surface area contributed by atoms with E-state index < -0.39 is 6.10 Å². The van der Waals surface area contributed by atoms with Gasteiger partial charge < -0.3 is 15.2 Å². The number of hydrogen-bond acceptors (Lipinski definition) is 4. The highest BCUT2D eigenvalue weighted by Gasteiger charge is 2.32. The van der Waals surface area contributed by atoms with Gasteiger partial charge in [-0.25, -0.2) is 0 Å². The second kappa shape index (κ2) is 7.74. The van der Waals surface area contributed by atoms with Crippen LogP contribution in [0.2, 0.25) is 0 Å². The van der Waals surface area contributed by atoms with E-state index in [1.807, 2.05) is 13.8 Å². The highest BCUT2D eigenvalue weighted by atomic mass is 16.5. The normalized spacial score (nSPS) is 25.2. The topological polar surface area (TPSA) is 87.2 Å². The third-order valence-electron chi connectivity index (χ3n) is 4.61. The number of hydrogen-bond donors (Lipinski definition) is 3. The van der Waals surface area contributed by atoms with Crippen molar-refractivity contribution < 1.29 is 14.6 Å². The largest absolute Gasteiger partial charge is 0.390 e. The number of aromatic amines is 1. The smallest absolute Gasteiger partial charge is 0.223 e. The summed E-state index contributed by atoms with van der Waals surface area (Å²) in [5, 5.41) is 19.9. The first-order valence-corrected chi connectivity index (χ1v) is 8.02. The number of nitrogens with one attached hydrogen (secondary N) is 2. The maximum Gasteiger partial charge on any atom is 0.223 e. The molecule has 0 spiro atoms. The minimum atomic E-state index is -0.443. The lowest BCUT2D eigenvalue weighted by Gasteiger charge is -2.31. The first-order valence-electron chi connectivity index (χ1n) is 8.02. The Morgan fingerprint density at radius 3 is 2.86 bits per heavy atom. The number of aromatic nitrogens is 2. The summed E-state index contributed by atoms with van der Waals surface area (Å²) in [4.78, 5) is 12.2. The molecule has 1 aromatic rings. The van der Waals surface area contributed by atoms with Crippen LogP contribution in [0.4, 0.5) is 0 Å². The lowest BCUT2D eigenvalue weighted by atomic mass is 9.84. The van der Waals surface area contributed by atoms with Crippen LogP contribution in [0.5, 0.6) is 0 Å². The molecule has 3 atom stereocenters. The molecule has 1 saturated carbocycles. The summed E-state index contributed by atoms with van der Waals surface area (Å²) in [5.74, 6) is 0.0281. The molecule has 0 saturated heterocycles. The highest BCUT2D eigenvalue weighted by Crippen LogP contribution is 2.26. The molecule has 3 N–H and O–H groups in total. The molecular formula is C16H27N3O3. The number of nitrogens with zero attached hydrogens (tertiary/aromatic N) is 1. The average molecular weight is 309 g/mol. The van der Waals surface area contributed by atoms with Gasteiger partial charge in [0.2, 0.25) is 5.91 Å². The van der Waals surface area contributed by atoms with Crippen LogP contribution >= 0.6 is 0 Å². The number of methoxy groups -OCH3 is 1. The van der Waals surface area contributed by atoms with Crippen LogP contribution in [0.1, 0.15) is 42.6 Å². The molecule has 2 rings (SSSR count). The Bertz CT molecular complexity index is 481. The molecule has 6 nitrogen and oxygen atoms in total. The number of carbonyl (C=O) groups excluding carboxylic acids is 1. The van der Waals surface area contributed by atoms with Gasteiger partial charge in [-0.3, -0.25) is 9.89 Å². The lowest BCUT2D eigenvalue weighted by Crippen LogP contribution is -2.41. The van der Waals surface area contributed by atoms with Gasteiger partial charge in [0.1, 0.15) is 0 Å². The maximum atomic E-state index is 12.2. The Morgan fingerprint density at radius 2 is 2.23 bits per heavy atom. The van der Waals surface area contributed by atoms with E-state index in [-0.39, 0.29) is 17.9 Å². The first-order chi connectivity index (χ1) is 10.5. The number of aryl methyl sites for hydroxylation is 2. The summed E-state index contributed by atoms with van der Waals surface area (Å²) in [6.07, 6.45) is 3.11. The lowest BCUT2D eigenvalue weighted by molar-refractivity contribution is -0.130. The van der Waals surface area contributed by atoms with Crippen molar-refractivity contribution in [2.24, 2.45) is 5.92 Å². The van der Waals surface area contributed by atoms with Crippen molar-refractivity contribution >= 4 is 5.91 Å². The van der Waals surface area contributed by atoms with Gasteiger partial charge in [-0.15, -0.1) is 0 Å². The van der Waals surface area contributed by atoms with Crippen LogP contribution in [0.15, 0.2) is 0 Å². The van der Waals surface area contributed by atoms with Crippen LogP contribution in [-0.2, 0) is 16.0 Å². The molecule has 124 valence electrons. The van der Waals surface area contributed by atoms with Crippen LogP contribution in [-0.4, -0.2) is 47.1 Å². The molecule has 22 heavy (non-hydrogen) atoms. The van der Waals surface area contributed by atoms with Gasteiger partial charge in [0.15, 0.2) is 0 Å². The monoisotopic (exact) mass is 309 g/mol. The summed E-state index contributed by atoms with van der Waals surface area (Å²) >= 11 is 0. The number of aliphatic hydroxyl groups excluding tert-OH is 1. The van der Waals surface area contributed by atoms with Gasteiger partial charge in [-0.1, -0.05) is 0 Å². The Hall–Kier alpha value is -1.40.